The molecule has 1 aliphatic heterocycles. The van der Waals surface area contributed by atoms with E-state index in [1.54, 1.807) is 0 Å². The van der Waals surface area contributed by atoms with Crippen LogP contribution >= 0.6 is 35.6 Å². The molecule has 1 heterocycles. The maximum Gasteiger partial charge on any atom is 0.170 e. The number of thiocarbonyl (C=S) groups is 1. The fourth-order valence-electron chi connectivity index (χ4n) is 2.33. The minimum atomic E-state index is 0.571. The number of thioether (sulfide) groups is 1. The molecule has 2 aromatic carbocycles. The average Bonchev–Trinajstić information content (AvgIpc) is 2.63. The molecule has 0 saturated carbocycles. The van der Waals surface area contributed by atoms with Crippen molar-refractivity contribution in [3.63, 3.8) is 0 Å². The van der Waals surface area contributed by atoms with Gasteiger partial charge in [-0.05, 0) is 36.0 Å². The minimum Gasteiger partial charge on any atom is -0.486 e. The van der Waals surface area contributed by atoms with Crippen LogP contribution in [0.2, 0.25) is 5.02 Å². The van der Waals surface area contributed by atoms with Crippen molar-refractivity contribution in [2.24, 2.45) is 0 Å². The Kier molecular flexibility index (Phi) is 6.67. The third-order valence-electron chi connectivity index (χ3n) is 3.55. The van der Waals surface area contributed by atoms with Gasteiger partial charge in [-0.2, -0.15) is 11.8 Å². The van der Waals surface area contributed by atoms with E-state index in [9.17, 15) is 0 Å². The number of anilines is 1. The standard InChI is InChI=1S/C18H19ClN2O2S2/c19-15-4-2-1-3-13(15)12-25-10-7-20-18(24)21-14-5-6-16-17(11-14)23-9-8-22-16/h1-6,11H,7-10,12H2,(H2,20,21,24). The van der Waals surface area contributed by atoms with Crippen molar-refractivity contribution in [2.45, 2.75) is 5.75 Å². The Labute approximate surface area is 162 Å². The SMILES string of the molecule is S=C(NCCSCc1ccccc1Cl)Nc1ccc2c(c1)OCCO2. The van der Waals surface area contributed by atoms with E-state index in [1.807, 2.05) is 48.2 Å². The van der Waals surface area contributed by atoms with E-state index >= 15 is 0 Å². The number of ether oxygens (including phenoxy) is 2. The van der Waals surface area contributed by atoms with Crippen molar-refractivity contribution in [3.05, 3.63) is 53.1 Å². The molecule has 0 radical (unpaired) electrons. The van der Waals surface area contributed by atoms with Crippen molar-refractivity contribution >= 4 is 46.4 Å². The van der Waals surface area contributed by atoms with E-state index in [4.69, 9.17) is 33.3 Å². The van der Waals surface area contributed by atoms with E-state index in [1.165, 1.54) is 0 Å². The highest BCUT2D eigenvalue weighted by Crippen LogP contribution is 2.32. The van der Waals surface area contributed by atoms with Crippen molar-refractivity contribution in [1.82, 2.24) is 5.32 Å². The van der Waals surface area contributed by atoms with Gasteiger partial charge in [-0.25, -0.2) is 0 Å². The zero-order valence-corrected chi connectivity index (χ0v) is 16.0. The van der Waals surface area contributed by atoms with Crippen LogP contribution < -0.4 is 20.1 Å². The predicted molar refractivity (Wildman–Crippen MR) is 109 cm³/mol. The molecule has 0 aliphatic carbocycles. The topological polar surface area (TPSA) is 42.5 Å². The third-order valence-corrected chi connectivity index (χ3v) is 5.17. The van der Waals surface area contributed by atoms with Gasteiger partial charge >= 0.3 is 0 Å². The summed E-state index contributed by atoms with van der Waals surface area (Å²) in [6.07, 6.45) is 0. The highest BCUT2D eigenvalue weighted by atomic mass is 35.5. The monoisotopic (exact) mass is 394 g/mol. The first-order valence-corrected chi connectivity index (χ1v) is 9.92. The molecule has 0 bridgehead atoms. The summed E-state index contributed by atoms with van der Waals surface area (Å²) in [6, 6.07) is 13.6. The maximum absolute atomic E-state index is 6.15. The Morgan fingerprint density at radius 2 is 1.92 bits per heavy atom. The lowest BCUT2D eigenvalue weighted by Crippen LogP contribution is -2.30. The first-order valence-electron chi connectivity index (χ1n) is 7.98. The molecule has 1 aliphatic rings. The smallest absolute Gasteiger partial charge is 0.170 e. The van der Waals surface area contributed by atoms with Gasteiger partial charge in [0.05, 0.1) is 0 Å². The zero-order valence-electron chi connectivity index (χ0n) is 13.6. The lowest BCUT2D eigenvalue weighted by molar-refractivity contribution is 0.171. The Hall–Kier alpha value is -1.63. The maximum atomic E-state index is 6.15. The molecule has 0 atom stereocenters. The first-order chi connectivity index (χ1) is 12.2. The molecule has 0 aromatic heterocycles. The van der Waals surface area contributed by atoms with Gasteiger partial charge in [-0.3, -0.25) is 0 Å². The summed E-state index contributed by atoms with van der Waals surface area (Å²) >= 11 is 13.3. The average molecular weight is 395 g/mol. The van der Waals surface area contributed by atoms with Crippen LogP contribution in [0, 0.1) is 0 Å². The Morgan fingerprint density at radius 1 is 1.12 bits per heavy atom. The van der Waals surface area contributed by atoms with Gasteiger partial charge in [0.15, 0.2) is 16.6 Å². The van der Waals surface area contributed by atoms with Crippen LogP contribution in [-0.2, 0) is 5.75 Å². The second-order valence-electron chi connectivity index (χ2n) is 5.38. The minimum absolute atomic E-state index is 0.571. The van der Waals surface area contributed by atoms with E-state index in [2.05, 4.69) is 16.7 Å². The quantitative estimate of drug-likeness (QED) is 0.561. The highest BCUT2D eigenvalue weighted by Gasteiger charge is 2.11. The summed E-state index contributed by atoms with van der Waals surface area (Å²) in [6.45, 7) is 1.94. The Balaban J connectivity index is 1.38. The molecule has 2 N–H and O–H groups in total. The molecule has 2 aromatic rings. The second-order valence-corrected chi connectivity index (χ2v) is 7.30. The number of fused-ring (bicyclic) bond motifs is 1. The first kappa shape index (κ1) is 18.2. The van der Waals surface area contributed by atoms with Gasteiger partial charge in [0, 0.05) is 34.8 Å². The number of hydrogen-bond acceptors (Lipinski definition) is 4. The molecule has 7 heteroatoms. The second kappa shape index (κ2) is 9.17. The van der Waals surface area contributed by atoms with Gasteiger partial charge in [0.2, 0.25) is 0 Å². The van der Waals surface area contributed by atoms with Crippen LogP contribution in [-0.4, -0.2) is 30.6 Å². The van der Waals surface area contributed by atoms with Gasteiger partial charge < -0.3 is 20.1 Å². The van der Waals surface area contributed by atoms with Crippen LogP contribution in [0.4, 0.5) is 5.69 Å². The molecule has 132 valence electrons. The number of benzene rings is 2. The predicted octanol–water partition coefficient (Wildman–Crippen LogP) is 4.33. The summed E-state index contributed by atoms with van der Waals surface area (Å²) in [5.41, 5.74) is 2.04. The zero-order chi connectivity index (χ0) is 17.5. The van der Waals surface area contributed by atoms with Crippen LogP contribution in [0.15, 0.2) is 42.5 Å². The van der Waals surface area contributed by atoms with Gasteiger partial charge in [0.1, 0.15) is 13.2 Å². The number of hydrogen-bond donors (Lipinski definition) is 2. The van der Waals surface area contributed by atoms with Crippen molar-refractivity contribution < 1.29 is 9.47 Å². The molecule has 0 spiro atoms. The molecule has 0 amide bonds. The van der Waals surface area contributed by atoms with Crippen molar-refractivity contribution in [1.29, 1.82) is 0 Å². The molecular weight excluding hydrogens is 376 g/mol. The van der Waals surface area contributed by atoms with E-state index < -0.39 is 0 Å². The molecule has 0 unspecified atom stereocenters. The fourth-order valence-corrected chi connectivity index (χ4v) is 3.69. The van der Waals surface area contributed by atoms with Crippen LogP contribution in [0.5, 0.6) is 11.5 Å². The number of halogens is 1. The molecular formula is C18H19ClN2O2S2. The molecule has 4 nitrogen and oxygen atoms in total. The Bertz CT molecular complexity index is 743. The van der Waals surface area contributed by atoms with Crippen molar-refractivity contribution in [3.8, 4) is 11.5 Å². The lowest BCUT2D eigenvalue weighted by Gasteiger charge is -2.19. The molecule has 0 saturated heterocycles. The van der Waals surface area contributed by atoms with E-state index in [-0.39, 0.29) is 0 Å². The van der Waals surface area contributed by atoms with Crippen LogP contribution in [0.1, 0.15) is 5.56 Å². The van der Waals surface area contributed by atoms with Crippen molar-refractivity contribution in [2.75, 3.05) is 30.8 Å². The molecule has 0 fully saturated rings. The normalized spacial score (nSPS) is 12.5. The van der Waals surface area contributed by atoms with Gasteiger partial charge in [0.25, 0.3) is 0 Å². The summed E-state index contributed by atoms with van der Waals surface area (Å²) in [4.78, 5) is 0. The molecule has 25 heavy (non-hydrogen) atoms. The van der Waals surface area contributed by atoms with E-state index in [0.717, 1.165) is 45.8 Å². The summed E-state index contributed by atoms with van der Waals surface area (Å²) in [5.74, 6) is 3.35. The fraction of sp³-hybridized carbons (Fsp3) is 0.278. The number of nitrogens with one attached hydrogen (secondary N) is 2. The summed E-state index contributed by atoms with van der Waals surface area (Å²) < 4.78 is 11.1. The number of rotatable bonds is 6. The Morgan fingerprint density at radius 3 is 2.76 bits per heavy atom. The largest absolute Gasteiger partial charge is 0.486 e. The van der Waals surface area contributed by atoms with Gasteiger partial charge in [-0.15, -0.1) is 0 Å². The van der Waals surface area contributed by atoms with Gasteiger partial charge in [-0.1, -0.05) is 29.8 Å². The summed E-state index contributed by atoms with van der Waals surface area (Å²) in [5, 5.41) is 7.78. The lowest BCUT2D eigenvalue weighted by atomic mass is 10.2. The van der Waals surface area contributed by atoms with E-state index in [0.29, 0.717) is 18.3 Å². The van der Waals surface area contributed by atoms with Crippen LogP contribution in [0.25, 0.3) is 0 Å². The molecule has 3 rings (SSSR count). The summed E-state index contributed by atoms with van der Waals surface area (Å²) in [7, 11) is 0. The highest BCUT2D eigenvalue weighted by molar-refractivity contribution is 7.98. The third kappa shape index (κ3) is 5.42. The van der Waals surface area contributed by atoms with Crippen LogP contribution in [0.3, 0.4) is 0 Å².